The fourth-order valence-electron chi connectivity index (χ4n) is 1.25. The van der Waals surface area contributed by atoms with Gasteiger partial charge in [0.05, 0.1) is 0 Å². The van der Waals surface area contributed by atoms with E-state index < -0.39 is 0 Å². The second kappa shape index (κ2) is 6.89. The zero-order valence-electron chi connectivity index (χ0n) is 9.00. The molecule has 17 heavy (non-hydrogen) atoms. The lowest BCUT2D eigenvalue weighted by Crippen LogP contribution is -1.88. The van der Waals surface area contributed by atoms with E-state index in [-0.39, 0.29) is 24.8 Å². The standard InChI is InChI=1S/C12H12N2O.2ClH/c13-9-4-6-11(7-5-9)15-12-3-1-2-10(14)8-12;;/h1-8H,13-14H2;2*1H. The maximum atomic E-state index is 5.64. The van der Waals surface area contributed by atoms with Gasteiger partial charge in [0.25, 0.3) is 0 Å². The number of ether oxygens (including phenoxy) is 1. The smallest absolute Gasteiger partial charge is 0.129 e. The first-order valence-corrected chi connectivity index (χ1v) is 4.63. The van der Waals surface area contributed by atoms with Crippen LogP contribution in [0.1, 0.15) is 0 Å². The second-order valence-electron chi connectivity index (χ2n) is 3.24. The Morgan fingerprint density at radius 2 is 1.35 bits per heavy atom. The molecular formula is C12H14Cl2N2O. The molecule has 2 rings (SSSR count). The zero-order valence-corrected chi connectivity index (χ0v) is 10.6. The summed E-state index contributed by atoms with van der Waals surface area (Å²) in [4.78, 5) is 0. The quantitative estimate of drug-likeness (QED) is 0.823. The maximum absolute atomic E-state index is 5.64. The number of nitrogens with two attached hydrogens (primary N) is 2. The summed E-state index contributed by atoms with van der Waals surface area (Å²) < 4.78 is 5.58. The molecule has 92 valence electrons. The Balaban J connectivity index is 0.00000128. The fourth-order valence-corrected chi connectivity index (χ4v) is 1.25. The van der Waals surface area contributed by atoms with Crippen LogP contribution in [-0.4, -0.2) is 0 Å². The molecule has 0 amide bonds. The van der Waals surface area contributed by atoms with Gasteiger partial charge in [0.2, 0.25) is 0 Å². The van der Waals surface area contributed by atoms with Crippen molar-refractivity contribution in [3.63, 3.8) is 0 Å². The van der Waals surface area contributed by atoms with Gasteiger partial charge in [-0.2, -0.15) is 0 Å². The van der Waals surface area contributed by atoms with Crippen LogP contribution in [0.3, 0.4) is 0 Å². The molecular weight excluding hydrogens is 259 g/mol. The molecule has 0 aliphatic rings. The number of hydrogen-bond donors (Lipinski definition) is 2. The zero-order chi connectivity index (χ0) is 10.7. The highest BCUT2D eigenvalue weighted by Gasteiger charge is 1.96. The number of hydrogen-bond acceptors (Lipinski definition) is 3. The number of nitrogen functional groups attached to an aromatic ring is 2. The van der Waals surface area contributed by atoms with Gasteiger partial charge in [-0.3, -0.25) is 0 Å². The number of halogens is 2. The van der Waals surface area contributed by atoms with Crippen molar-refractivity contribution in [1.82, 2.24) is 0 Å². The SMILES string of the molecule is Cl.Cl.Nc1ccc(Oc2cccc(N)c2)cc1. The van der Waals surface area contributed by atoms with E-state index in [1.165, 1.54) is 0 Å². The molecule has 0 atom stereocenters. The third kappa shape index (κ3) is 4.43. The summed E-state index contributed by atoms with van der Waals surface area (Å²) in [5, 5.41) is 0. The Labute approximate surface area is 113 Å². The van der Waals surface area contributed by atoms with Crippen LogP contribution < -0.4 is 16.2 Å². The van der Waals surface area contributed by atoms with E-state index >= 15 is 0 Å². The summed E-state index contributed by atoms with van der Waals surface area (Å²) >= 11 is 0. The first-order valence-electron chi connectivity index (χ1n) is 4.63. The van der Waals surface area contributed by atoms with Crippen LogP contribution >= 0.6 is 24.8 Å². The number of anilines is 2. The summed E-state index contributed by atoms with van der Waals surface area (Å²) in [5.41, 5.74) is 12.6. The van der Waals surface area contributed by atoms with Crippen LogP contribution in [0.5, 0.6) is 11.5 Å². The van der Waals surface area contributed by atoms with Crippen molar-refractivity contribution >= 4 is 36.2 Å². The van der Waals surface area contributed by atoms with Crippen LogP contribution in [0.2, 0.25) is 0 Å². The predicted molar refractivity (Wildman–Crippen MR) is 76.3 cm³/mol. The summed E-state index contributed by atoms with van der Waals surface area (Å²) in [6.45, 7) is 0. The number of benzene rings is 2. The largest absolute Gasteiger partial charge is 0.457 e. The summed E-state index contributed by atoms with van der Waals surface area (Å²) in [5.74, 6) is 1.47. The van der Waals surface area contributed by atoms with Gasteiger partial charge in [0.1, 0.15) is 11.5 Å². The molecule has 2 aromatic rings. The lowest BCUT2D eigenvalue weighted by molar-refractivity contribution is 0.483. The molecule has 0 radical (unpaired) electrons. The molecule has 0 aliphatic carbocycles. The normalized spacial score (nSPS) is 8.71. The van der Waals surface area contributed by atoms with Gasteiger partial charge in [-0.1, -0.05) is 6.07 Å². The molecule has 0 fully saturated rings. The Bertz CT molecular complexity index is 460. The first-order chi connectivity index (χ1) is 7.24. The minimum absolute atomic E-state index is 0. The van der Waals surface area contributed by atoms with Crippen molar-refractivity contribution in [2.75, 3.05) is 11.5 Å². The molecule has 2 aromatic carbocycles. The van der Waals surface area contributed by atoms with Crippen LogP contribution in [0.15, 0.2) is 48.5 Å². The molecule has 0 aliphatic heterocycles. The predicted octanol–water partition coefficient (Wildman–Crippen LogP) is 3.49. The van der Waals surface area contributed by atoms with E-state index in [1.54, 1.807) is 18.2 Å². The van der Waals surface area contributed by atoms with Gasteiger partial charge in [-0.25, -0.2) is 0 Å². The first kappa shape index (κ1) is 15.4. The molecule has 4 N–H and O–H groups in total. The van der Waals surface area contributed by atoms with E-state index in [2.05, 4.69) is 0 Å². The molecule has 3 nitrogen and oxygen atoms in total. The lowest BCUT2D eigenvalue weighted by Gasteiger charge is -2.06. The second-order valence-corrected chi connectivity index (χ2v) is 3.24. The molecule has 5 heteroatoms. The van der Waals surface area contributed by atoms with Crippen molar-refractivity contribution in [2.24, 2.45) is 0 Å². The Morgan fingerprint density at radius 1 is 0.706 bits per heavy atom. The molecule has 0 saturated carbocycles. The lowest BCUT2D eigenvalue weighted by atomic mass is 10.3. The van der Waals surface area contributed by atoms with Crippen LogP contribution in [-0.2, 0) is 0 Å². The van der Waals surface area contributed by atoms with Crippen LogP contribution in [0.4, 0.5) is 11.4 Å². The van der Waals surface area contributed by atoms with Gasteiger partial charge in [-0.15, -0.1) is 24.8 Å². The Kier molecular flexibility index (Phi) is 6.25. The Hall–Kier alpha value is -1.58. The van der Waals surface area contributed by atoms with E-state index in [0.29, 0.717) is 5.69 Å². The van der Waals surface area contributed by atoms with Gasteiger partial charge < -0.3 is 16.2 Å². The average Bonchev–Trinajstić information content (AvgIpc) is 2.22. The number of rotatable bonds is 2. The summed E-state index contributed by atoms with van der Waals surface area (Å²) in [6.07, 6.45) is 0. The highest BCUT2D eigenvalue weighted by Crippen LogP contribution is 2.23. The highest BCUT2D eigenvalue weighted by atomic mass is 35.5. The molecule has 0 heterocycles. The molecule has 0 unspecified atom stereocenters. The van der Waals surface area contributed by atoms with Gasteiger partial charge in [-0.05, 0) is 36.4 Å². The topological polar surface area (TPSA) is 61.3 Å². The monoisotopic (exact) mass is 272 g/mol. The van der Waals surface area contributed by atoms with Gasteiger partial charge in [0.15, 0.2) is 0 Å². The maximum Gasteiger partial charge on any atom is 0.129 e. The molecule has 0 spiro atoms. The van der Waals surface area contributed by atoms with E-state index in [1.807, 2.05) is 30.3 Å². The van der Waals surface area contributed by atoms with Gasteiger partial charge in [0, 0.05) is 17.4 Å². The van der Waals surface area contributed by atoms with Crippen molar-refractivity contribution in [3.05, 3.63) is 48.5 Å². The minimum Gasteiger partial charge on any atom is -0.457 e. The fraction of sp³-hybridized carbons (Fsp3) is 0. The van der Waals surface area contributed by atoms with E-state index in [4.69, 9.17) is 16.2 Å². The van der Waals surface area contributed by atoms with Crippen LogP contribution in [0.25, 0.3) is 0 Å². The third-order valence-corrected chi connectivity index (χ3v) is 1.97. The van der Waals surface area contributed by atoms with E-state index in [9.17, 15) is 0 Å². The third-order valence-electron chi connectivity index (χ3n) is 1.97. The Morgan fingerprint density at radius 3 is 1.94 bits per heavy atom. The minimum atomic E-state index is 0. The molecule has 0 saturated heterocycles. The van der Waals surface area contributed by atoms with Gasteiger partial charge >= 0.3 is 0 Å². The van der Waals surface area contributed by atoms with Crippen LogP contribution in [0, 0.1) is 0 Å². The van der Waals surface area contributed by atoms with Crippen molar-refractivity contribution < 1.29 is 4.74 Å². The van der Waals surface area contributed by atoms with Crippen molar-refractivity contribution in [1.29, 1.82) is 0 Å². The average molecular weight is 273 g/mol. The summed E-state index contributed by atoms with van der Waals surface area (Å²) in [7, 11) is 0. The van der Waals surface area contributed by atoms with E-state index in [0.717, 1.165) is 17.2 Å². The highest BCUT2D eigenvalue weighted by molar-refractivity contribution is 5.85. The molecule has 0 aromatic heterocycles. The summed E-state index contributed by atoms with van der Waals surface area (Å²) in [6, 6.07) is 14.5. The van der Waals surface area contributed by atoms with Crippen molar-refractivity contribution in [2.45, 2.75) is 0 Å². The molecule has 0 bridgehead atoms. The van der Waals surface area contributed by atoms with Crippen molar-refractivity contribution in [3.8, 4) is 11.5 Å².